The monoisotopic (exact) mass is 442 g/mol. The topological polar surface area (TPSA) is 76.0 Å². The molecule has 1 aromatic carbocycles. The summed E-state index contributed by atoms with van der Waals surface area (Å²) in [6.45, 7) is 0. The number of hydrogen-bond donors (Lipinski definition) is 0. The summed E-state index contributed by atoms with van der Waals surface area (Å²) in [7, 11) is -1.56. The summed E-state index contributed by atoms with van der Waals surface area (Å²) < 4.78 is 29.6. The SMILES string of the molecule is COc1ccc(N2C(=NC(=O)C3CCCCC3)S[C@H]3CS(=O)(=O)C[C@H]32)cc1Cl. The first-order valence-corrected chi connectivity index (χ1v) is 12.6. The number of halogens is 1. The smallest absolute Gasteiger partial charge is 0.251 e. The van der Waals surface area contributed by atoms with E-state index >= 15 is 0 Å². The Balaban J connectivity index is 1.68. The summed E-state index contributed by atoms with van der Waals surface area (Å²) in [6, 6.07) is 5.09. The van der Waals surface area contributed by atoms with Crippen molar-refractivity contribution in [1.29, 1.82) is 0 Å². The van der Waals surface area contributed by atoms with Crippen LogP contribution in [0.2, 0.25) is 5.02 Å². The molecule has 0 radical (unpaired) electrons. The summed E-state index contributed by atoms with van der Waals surface area (Å²) in [5, 5.41) is 0.901. The van der Waals surface area contributed by atoms with Crippen molar-refractivity contribution in [2.24, 2.45) is 10.9 Å². The number of benzene rings is 1. The number of carbonyl (C=O) groups is 1. The number of sulfone groups is 1. The molecule has 2 aliphatic heterocycles. The van der Waals surface area contributed by atoms with Crippen molar-refractivity contribution < 1.29 is 17.9 Å². The van der Waals surface area contributed by atoms with E-state index in [1.807, 2.05) is 11.0 Å². The van der Waals surface area contributed by atoms with Crippen LogP contribution >= 0.6 is 23.4 Å². The molecule has 2 saturated heterocycles. The molecule has 1 saturated carbocycles. The van der Waals surface area contributed by atoms with Crippen molar-refractivity contribution in [3.8, 4) is 5.75 Å². The number of rotatable bonds is 3. The summed E-state index contributed by atoms with van der Waals surface area (Å²) in [4.78, 5) is 19.1. The standard InChI is InChI=1S/C19H23ClN2O4S2/c1-26-16-8-7-13(9-14(16)20)22-15-10-28(24,25)11-17(15)27-19(22)21-18(23)12-5-3-2-4-6-12/h7-9,12,15,17H,2-6,10-11H2,1H3/t15-,17+/m1/s1. The molecule has 0 bridgehead atoms. The van der Waals surface area contributed by atoms with Gasteiger partial charge in [-0.25, -0.2) is 8.42 Å². The predicted octanol–water partition coefficient (Wildman–Crippen LogP) is 3.53. The average Bonchev–Trinajstić information content (AvgIpc) is 3.13. The Kier molecular flexibility index (Phi) is 5.64. The fourth-order valence-electron chi connectivity index (χ4n) is 4.21. The van der Waals surface area contributed by atoms with Crippen LogP contribution in [-0.4, -0.2) is 49.4 Å². The van der Waals surface area contributed by atoms with Gasteiger partial charge in [-0.05, 0) is 31.0 Å². The quantitative estimate of drug-likeness (QED) is 0.712. The Morgan fingerprint density at radius 1 is 1.25 bits per heavy atom. The Hall–Kier alpha value is -1.25. The summed E-state index contributed by atoms with van der Waals surface area (Å²) in [5.41, 5.74) is 0.734. The van der Waals surface area contributed by atoms with E-state index in [1.54, 1.807) is 19.2 Å². The lowest BCUT2D eigenvalue weighted by Gasteiger charge is -2.25. The number of amides is 1. The second kappa shape index (κ2) is 7.88. The zero-order chi connectivity index (χ0) is 19.9. The van der Waals surface area contributed by atoms with Gasteiger partial charge in [-0.3, -0.25) is 4.79 Å². The first kappa shape index (κ1) is 20.0. The normalized spacial score (nSPS) is 28.5. The number of ether oxygens (including phenoxy) is 1. The first-order chi connectivity index (χ1) is 13.4. The van der Waals surface area contributed by atoms with Crippen molar-refractivity contribution in [2.45, 2.75) is 43.4 Å². The third-order valence-corrected chi connectivity index (χ3v) is 9.15. The van der Waals surface area contributed by atoms with E-state index in [-0.39, 0.29) is 34.6 Å². The molecule has 152 valence electrons. The minimum absolute atomic E-state index is 0.0210. The second-order valence-corrected chi connectivity index (χ2v) is 11.3. The van der Waals surface area contributed by atoms with Crippen LogP contribution in [0.4, 0.5) is 5.69 Å². The fraction of sp³-hybridized carbons (Fsp3) is 0.579. The molecule has 0 spiro atoms. The van der Waals surface area contributed by atoms with Crippen LogP contribution in [0.25, 0.3) is 0 Å². The molecule has 6 nitrogen and oxygen atoms in total. The van der Waals surface area contributed by atoms with E-state index in [4.69, 9.17) is 16.3 Å². The number of carbonyl (C=O) groups excluding carboxylic acids is 1. The van der Waals surface area contributed by atoms with E-state index in [1.165, 1.54) is 18.2 Å². The van der Waals surface area contributed by atoms with Gasteiger partial charge < -0.3 is 9.64 Å². The number of nitrogens with zero attached hydrogens (tertiary/aromatic N) is 2. The number of aliphatic imine (C=N–C) groups is 1. The van der Waals surface area contributed by atoms with Crippen molar-refractivity contribution in [1.82, 2.24) is 0 Å². The van der Waals surface area contributed by atoms with Gasteiger partial charge in [0.05, 0.1) is 29.7 Å². The summed E-state index contributed by atoms with van der Waals surface area (Å²) in [6.07, 6.45) is 5.07. The van der Waals surface area contributed by atoms with Gasteiger partial charge in [-0.2, -0.15) is 4.99 Å². The van der Waals surface area contributed by atoms with E-state index in [2.05, 4.69) is 4.99 Å². The summed E-state index contributed by atoms with van der Waals surface area (Å²) >= 11 is 7.69. The minimum Gasteiger partial charge on any atom is -0.495 e. The van der Waals surface area contributed by atoms with E-state index in [9.17, 15) is 13.2 Å². The number of thioether (sulfide) groups is 1. The Labute approximate surface area is 174 Å². The number of fused-ring (bicyclic) bond motifs is 1. The molecule has 0 aromatic heterocycles. The average molecular weight is 443 g/mol. The maximum absolute atomic E-state index is 12.8. The third kappa shape index (κ3) is 3.91. The van der Waals surface area contributed by atoms with E-state index < -0.39 is 9.84 Å². The van der Waals surface area contributed by atoms with Crippen molar-refractivity contribution in [3.63, 3.8) is 0 Å². The lowest BCUT2D eigenvalue weighted by Crippen LogP contribution is -2.38. The molecule has 28 heavy (non-hydrogen) atoms. The molecule has 0 N–H and O–H groups in total. The van der Waals surface area contributed by atoms with Crippen molar-refractivity contribution in [3.05, 3.63) is 23.2 Å². The van der Waals surface area contributed by atoms with Crippen LogP contribution in [0.1, 0.15) is 32.1 Å². The maximum Gasteiger partial charge on any atom is 0.251 e. The van der Waals surface area contributed by atoms with Crippen LogP contribution in [0.15, 0.2) is 23.2 Å². The molecule has 4 rings (SSSR count). The van der Waals surface area contributed by atoms with E-state index in [0.717, 1.165) is 31.4 Å². The minimum atomic E-state index is -3.10. The van der Waals surface area contributed by atoms with Gasteiger partial charge in [0.15, 0.2) is 15.0 Å². The van der Waals surface area contributed by atoms with Gasteiger partial charge in [0.2, 0.25) is 0 Å². The molecular formula is C19H23ClN2O4S2. The van der Waals surface area contributed by atoms with Crippen LogP contribution in [-0.2, 0) is 14.6 Å². The second-order valence-electron chi connectivity index (χ2n) is 7.56. The number of hydrogen-bond acceptors (Lipinski definition) is 5. The first-order valence-electron chi connectivity index (χ1n) is 9.50. The van der Waals surface area contributed by atoms with Gasteiger partial charge in [0.25, 0.3) is 5.91 Å². The largest absolute Gasteiger partial charge is 0.495 e. The lowest BCUT2D eigenvalue weighted by molar-refractivity contribution is -0.122. The van der Waals surface area contributed by atoms with E-state index in [0.29, 0.717) is 15.9 Å². The van der Waals surface area contributed by atoms with Gasteiger partial charge in [-0.15, -0.1) is 0 Å². The van der Waals surface area contributed by atoms with Crippen LogP contribution in [0.3, 0.4) is 0 Å². The molecule has 3 aliphatic rings. The predicted molar refractivity (Wildman–Crippen MR) is 113 cm³/mol. The highest BCUT2D eigenvalue weighted by Crippen LogP contribution is 2.42. The molecular weight excluding hydrogens is 420 g/mol. The van der Waals surface area contributed by atoms with Gasteiger partial charge in [0.1, 0.15) is 5.75 Å². The van der Waals surface area contributed by atoms with Gasteiger partial charge in [0, 0.05) is 16.9 Å². The highest BCUT2D eigenvalue weighted by Gasteiger charge is 2.49. The molecule has 1 aromatic rings. The number of methoxy groups -OCH3 is 1. The number of anilines is 1. The van der Waals surface area contributed by atoms with Crippen LogP contribution < -0.4 is 9.64 Å². The molecule has 1 aliphatic carbocycles. The van der Waals surface area contributed by atoms with Crippen molar-refractivity contribution >= 4 is 50.0 Å². The molecule has 3 fully saturated rings. The Morgan fingerprint density at radius 2 is 2.00 bits per heavy atom. The summed E-state index contributed by atoms with van der Waals surface area (Å²) in [5.74, 6) is 0.608. The molecule has 2 heterocycles. The maximum atomic E-state index is 12.8. The fourth-order valence-corrected chi connectivity index (χ4v) is 8.38. The number of amidine groups is 1. The van der Waals surface area contributed by atoms with Gasteiger partial charge >= 0.3 is 0 Å². The highest BCUT2D eigenvalue weighted by atomic mass is 35.5. The van der Waals surface area contributed by atoms with Crippen LogP contribution in [0.5, 0.6) is 5.75 Å². The third-order valence-electron chi connectivity index (χ3n) is 5.64. The molecule has 1 amide bonds. The zero-order valence-electron chi connectivity index (χ0n) is 15.6. The lowest BCUT2D eigenvalue weighted by atomic mass is 9.89. The zero-order valence-corrected chi connectivity index (χ0v) is 18.0. The van der Waals surface area contributed by atoms with Gasteiger partial charge in [-0.1, -0.05) is 42.6 Å². The molecule has 2 atom stereocenters. The van der Waals surface area contributed by atoms with Crippen LogP contribution in [0, 0.1) is 5.92 Å². The Morgan fingerprint density at radius 3 is 2.68 bits per heavy atom. The Bertz CT molecular complexity index is 913. The highest BCUT2D eigenvalue weighted by molar-refractivity contribution is 8.16. The van der Waals surface area contributed by atoms with Crippen molar-refractivity contribution in [2.75, 3.05) is 23.5 Å². The molecule has 9 heteroatoms. The molecule has 0 unspecified atom stereocenters.